The summed E-state index contributed by atoms with van der Waals surface area (Å²) in [5.41, 5.74) is 3.44. The number of aromatic amines is 1. The average Bonchev–Trinajstić information content (AvgIpc) is 2.87. The molecule has 2 aromatic carbocycles. The van der Waals surface area contributed by atoms with E-state index >= 15 is 0 Å². The third kappa shape index (κ3) is 2.73. The Balaban J connectivity index is 1.81. The Morgan fingerprint density at radius 1 is 1.16 bits per heavy atom. The van der Waals surface area contributed by atoms with Crippen molar-refractivity contribution in [3.8, 4) is 0 Å². The zero-order valence-electron chi connectivity index (χ0n) is 10.5. The summed E-state index contributed by atoms with van der Waals surface area (Å²) in [4.78, 5) is 0. The number of halogens is 1. The minimum Gasteiger partial charge on any atom is -0.378 e. The Labute approximate surface area is 125 Å². The summed E-state index contributed by atoms with van der Waals surface area (Å²) in [6.07, 6.45) is 1.83. The van der Waals surface area contributed by atoms with Crippen LogP contribution in [-0.2, 0) is 0 Å². The molecular weight excluding hydrogens is 349 g/mol. The molecule has 0 saturated heterocycles. The molecule has 96 valence electrons. The van der Waals surface area contributed by atoms with Gasteiger partial charge in [0.1, 0.15) is 0 Å². The molecule has 0 spiro atoms. The zero-order chi connectivity index (χ0) is 13.2. The first-order valence-electron chi connectivity index (χ1n) is 6.17. The fourth-order valence-corrected chi connectivity index (χ4v) is 2.47. The van der Waals surface area contributed by atoms with Crippen LogP contribution in [0.25, 0.3) is 10.9 Å². The molecule has 0 fully saturated rings. The fourth-order valence-electron chi connectivity index (χ4n) is 2.11. The summed E-state index contributed by atoms with van der Waals surface area (Å²) in [5, 5.41) is 11.7. The predicted molar refractivity (Wildman–Crippen MR) is 87.3 cm³/mol. The molecule has 0 aliphatic rings. The van der Waals surface area contributed by atoms with Crippen molar-refractivity contribution in [1.82, 2.24) is 10.2 Å². The lowest BCUT2D eigenvalue weighted by molar-refractivity contribution is 0.884. The number of hydrogen-bond donors (Lipinski definition) is 2. The van der Waals surface area contributed by atoms with Gasteiger partial charge in [0.25, 0.3) is 0 Å². The van der Waals surface area contributed by atoms with E-state index in [9.17, 15) is 0 Å². The summed E-state index contributed by atoms with van der Waals surface area (Å²) in [7, 11) is 0. The first kappa shape index (κ1) is 12.5. The third-order valence-electron chi connectivity index (χ3n) is 3.20. The van der Waals surface area contributed by atoms with Crippen LogP contribution in [-0.4, -0.2) is 10.2 Å². The molecule has 3 aromatic rings. The maximum absolute atomic E-state index is 4.04. The van der Waals surface area contributed by atoms with E-state index in [0.717, 1.165) is 16.6 Å². The third-order valence-corrected chi connectivity index (χ3v) is 3.91. The van der Waals surface area contributed by atoms with Crippen LogP contribution in [0.5, 0.6) is 0 Å². The highest BCUT2D eigenvalue weighted by Crippen LogP contribution is 2.22. The van der Waals surface area contributed by atoms with E-state index in [4.69, 9.17) is 0 Å². The van der Waals surface area contributed by atoms with Crippen LogP contribution in [0.15, 0.2) is 48.7 Å². The quantitative estimate of drug-likeness (QED) is 0.680. The maximum atomic E-state index is 4.04. The van der Waals surface area contributed by atoms with E-state index < -0.39 is 0 Å². The number of nitrogens with one attached hydrogen (secondary N) is 2. The Morgan fingerprint density at radius 3 is 2.74 bits per heavy atom. The molecule has 1 unspecified atom stereocenters. The fraction of sp³-hybridized carbons (Fsp3) is 0.133. The molecule has 1 heterocycles. The second-order valence-electron chi connectivity index (χ2n) is 4.59. The molecule has 0 bridgehead atoms. The molecule has 1 atom stereocenters. The lowest BCUT2D eigenvalue weighted by Gasteiger charge is -2.15. The molecule has 3 rings (SSSR count). The number of aromatic nitrogens is 2. The number of nitrogens with zero attached hydrogens (tertiary/aromatic N) is 1. The normalized spacial score (nSPS) is 12.5. The van der Waals surface area contributed by atoms with Crippen LogP contribution in [0.1, 0.15) is 18.5 Å². The molecule has 19 heavy (non-hydrogen) atoms. The molecule has 3 nitrogen and oxygen atoms in total. The Kier molecular flexibility index (Phi) is 3.42. The van der Waals surface area contributed by atoms with Crippen molar-refractivity contribution in [2.45, 2.75) is 13.0 Å². The first-order valence-corrected chi connectivity index (χ1v) is 7.25. The average molecular weight is 363 g/mol. The zero-order valence-corrected chi connectivity index (χ0v) is 12.7. The monoisotopic (exact) mass is 363 g/mol. The summed E-state index contributed by atoms with van der Waals surface area (Å²) < 4.78 is 1.26. The van der Waals surface area contributed by atoms with Crippen LogP contribution in [0, 0.1) is 3.57 Å². The van der Waals surface area contributed by atoms with E-state index in [-0.39, 0.29) is 6.04 Å². The van der Waals surface area contributed by atoms with Gasteiger partial charge in [-0.2, -0.15) is 5.10 Å². The predicted octanol–water partition coefficient (Wildman–Crippen LogP) is 4.34. The Hall–Kier alpha value is -1.56. The van der Waals surface area contributed by atoms with Gasteiger partial charge >= 0.3 is 0 Å². The van der Waals surface area contributed by atoms with E-state index in [0.29, 0.717) is 0 Å². The minimum absolute atomic E-state index is 0.275. The van der Waals surface area contributed by atoms with Crippen LogP contribution >= 0.6 is 22.6 Å². The van der Waals surface area contributed by atoms with Gasteiger partial charge in [0.15, 0.2) is 0 Å². The summed E-state index contributed by atoms with van der Waals surface area (Å²) in [6.45, 7) is 2.17. The molecule has 0 aliphatic heterocycles. The topological polar surface area (TPSA) is 40.7 Å². The first-order chi connectivity index (χ1) is 9.22. The van der Waals surface area contributed by atoms with E-state index in [1.54, 1.807) is 0 Å². The SMILES string of the molecule is CC(Nc1ccc2cn[nH]c2c1)c1ccc(I)cc1. The van der Waals surface area contributed by atoms with Gasteiger partial charge in [-0.05, 0) is 65.4 Å². The van der Waals surface area contributed by atoms with Crippen molar-refractivity contribution >= 4 is 39.2 Å². The number of benzene rings is 2. The smallest absolute Gasteiger partial charge is 0.0670 e. The summed E-state index contributed by atoms with van der Waals surface area (Å²) in [5.74, 6) is 0. The number of fused-ring (bicyclic) bond motifs is 1. The molecule has 2 N–H and O–H groups in total. The van der Waals surface area contributed by atoms with Crippen LogP contribution < -0.4 is 5.32 Å². The van der Waals surface area contributed by atoms with E-state index in [2.05, 4.69) is 87.5 Å². The lowest BCUT2D eigenvalue weighted by Crippen LogP contribution is -2.06. The van der Waals surface area contributed by atoms with Crippen molar-refractivity contribution in [1.29, 1.82) is 0 Å². The van der Waals surface area contributed by atoms with Crippen LogP contribution in [0.4, 0.5) is 5.69 Å². The van der Waals surface area contributed by atoms with Gasteiger partial charge in [-0.15, -0.1) is 0 Å². The van der Waals surface area contributed by atoms with Crippen LogP contribution in [0.2, 0.25) is 0 Å². The summed E-state index contributed by atoms with van der Waals surface area (Å²) in [6, 6.07) is 15.1. The number of rotatable bonds is 3. The van der Waals surface area contributed by atoms with Gasteiger partial charge in [0, 0.05) is 20.7 Å². The molecule has 0 aliphatic carbocycles. The molecule has 1 aromatic heterocycles. The highest BCUT2D eigenvalue weighted by Gasteiger charge is 2.06. The Morgan fingerprint density at radius 2 is 1.95 bits per heavy atom. The van der Waals surface area contributed by atoms with Crippen molar-refractivity contribution < 1.29 is 0 Å². The molecule has 4 heteroatoms. The molecule has 0 saturated carbocycles. The standard InChI is InChI=1S/C15H14IN3/c1-10(11-2-5-13(16)6-3-11)18-14-7-4-12-9-17-19-15(12)8-14/h2-10,18H,1H3,(H,17,19). The van der Waals surface area contributed by atoms with Gasteiger partial charge in [0.05, 0.1) is 11.7 Å². The second-order valence-corrected chi connectivity index (χ2v) is 5.84. The van der Waals surface area contributed by atoms with Crippen LogP contribution in [0.3, 0.4) is 0 Å². The largest absolute Gasteiger partial charge is 0.378 e. The van der Waals surface area contributed by atoms with Crippen molar-refractivity contribution in [2.75, 3.05) is 5.32 Å². The van der Waals surface area contributed by atoms with Gasteiger partial charge in [-0.25, -0.2) is 0 Å². The summed E-state index contributed by atoms with van der Waals surface area (Å²) >= 11 is 2.32. The minimum atomic E-state index is 0.275. The molecule has 0 amide bonds. The molecular formula is C15H14IN3. The highest BCUT2D eigenvalue weighted by atomic mass is 127. The second kappa shape index (κ2) is 5.21. The van der Waals surface area contributed by atoms with E-state index in [1.165, 1.54) is 9.13 Å². The highest BCUT2D eigenvalue weighted by molar-refractivity contribution is 14.1. The number of anilines is 1. The lowest BCUT2D eigenvalue weighted by atomic mass is 10.1. The number of H-pyrrole nitrogens is 1. The van der Waals surface area contributed by atoms with Gasteiger partial charge in [-0.1, -0.05) is 12.1 Å². The van der Waals surface area contributed by atoms with Gasteiger partial charge in [-0.3, -0.25) is 5.10 Å². The van der Waals surface area contributed by atoms with Crippen molar-refractivity contribution in [3.63, 3.8) is 0 Å². The molecule has 0 radical (unpaired) electrons. The van der Waals surface area contributed by atoms with Gasteiger partial charge < -0.3 is 5.32 Å². The maximum Gasteiger partial charge on any atom is 0.0670 e. The Bertz CT molecular complexity index is 688. The van der Waals surface area contributed by atoms with Crippen molar-refractivity contribution in [3.05, 3.63) is 57.8 Å². The van der Waals surface area contributed by atoms with E-state index in [1.807, 2.05) is 6.20 Å². The van der Waals surface area contributed by atoms with Crippen molar-refractivity contribution in [2.24, 2.45) is 0 Å². The van der Waals surface area contributed by atoms with Gasteiger partial charge in [0.2, 0.25) is 0 Å². The number of hydrogen-bond acceptors (Lipinski definition) is 2.